The van der Waals surface area contributed by atoms with Crippen molar-refractivity contribution in [3.8, 4) is 0 Å². The van der Waals surface area contributed by atoms with Gasteiger partial charge >= 0.3 is 0 Å². The van der Waals surface area contributed by atoms with E-state index in [-0.39, 0.29) is 11.6 Å². The van der Waals surface area contributed by atoms with Gasteiger partial charge in [-0.2, -0.15) is 5.21 Å². The first kappa shape index (κ1) is 11.0. The average Bonchev–Trinajstić information content (AvgIpc) is 2.93. The van der Waals surface area contributed by atoms with Gasteiger partial charge in [-0.1, -0.05) is 5.21 Å². The summed E-state index contributed by atoms with van der Waals surface area (Å²) in [5.74, 6) is 0.171. The van der Waals surface area contributed by atoms with Crippen LogP contribution in [0.15, 0.2) is 12.7 Å². The number of tetrazole rings is 1. The Morgan fingerprint density at radius 1 is 1.30 bits per heavy atom. The van der Waals surface area contributed by atoms with Gasteiger partial charge in [-0.15, -0.1) is 10.2 Å². The Hall–Kier alpha value is -2.91. The van der Waals surface area contributed by atoms with E-state index < -0.39 is 5.54 Å². The van der Waals surface area contributed by atoms with Gasteiger partial charge in [0.1, 0.15) is 17.4 Å². The van der Waals surface area contributed by atoms with Crippen molar-refractivity contribution in [3.63, 3.8) is 0 Å². The lowest BCUT2D eigenvalue weighted by Crippen LogP contribution is -2.36. The van der Waals surface area contributed by atoms with Crippen LogP contribution in [0.3, 0.4) is 0 Å². The van der Waals surface area contributed by atoms with E-state index in [2.05, 4.69) is 45.9 Å². The van der Waals surface area contributed by atoms with Crippen LogP contribution in [0.4, 0.5) is 0 Å². The van der Waals surface area contributed by atoms with Gasteiger partial charge in [-0.05, 0) is 12.8 Å². The van der Waals surface area contributed by atoms with E-state index in [0.29, 0.717) is 17.0 Å². The first-order valence-corrected chi connectivity index (χ1v) is 5.99. The molecule has 1 amide bonds. The fraction of sp³-hybridized carbons (Fsp3) is 0.300. The smallest absolute Gasteiger partial charge is 0.273 e. The highest BCUT2D eigenvalue weighted by atomic mass is 16.2. The quantitative estimate of drug-likeness (QED) is 0.571. The second-order valence-corrected chi connectivity index (χ2v) is 4.60. The third kappa shape index (κ3) is 1.54. The lowest BCUT2D eigenvalue weighted by molar-refractivity contribution is 0.0925. The number of H-pyrrole nitrogens is 2. The molecule has 0 atom stereocenters. The fourth-order valence-corrected chi connectivity index (χ4v) is 2.11. The van der Waals surface area contributed by atoms with Gasteiger partial charge in [0.05, 0.1) is 6.33 Å². The van der Waals surface area contributed by atoms with Crippen molar-refractivity contribution in [2.45, 2.75) is 18.4 Å². The Morgan fingerprint density at radius 2 is 2.20 bits per heavy atom. The van der Waals surface area contributed by atoms with Crippen LogP contribution in [0.5, 0.6) is 0 Å². The predicted octanol–water partition coefficient (Wildman–Crippen LogP) is -0.715. The molecule has 0 bridgehead atoms. The summed E-state index contributed by atoms with van der Waals surface area (Å²) in [6.45, 7) is 0. The topological polar surface area (TPSA) is 138 Å². The van der Waals surface area contributed by atoms with Crippen LogP contribution in [-0.4, -0.2) is 46.5 Å². The zero-order valence-electron chi connectivity index (χ0n) is 10.2. The molecule has 0 aliphatic heterocycles. The summed E-state index contributed by atoms with van der Waals surface area (Å²) in [5.41, 5.74) is 0.673. The van der Waals surface area contributed by atoms with Crippen LogP contribution < -0.4 is 5.32 Å². The highest BCUT2D eigenvalue weighted by Crippen LogP contribution is 2.43. The van der Waals surface area contributed by atoms with Gasteiger partial charge in [0.15, 0.2) is 17.2 Å². The van der Waals surface area contributed by atoms with E-state index in [4.69, 9.17) is 0 Å². The molecule has 3 heterocycles. The molecule has 10 heteroatoms. The molecule has 0 saturated heterocycles. The Bertz CT molecular complexity index is 773. The van der Waals surface area contributed by atoms with E-state index in [0.717, 1.165) is 12.8 Å². The zero-order valence-corrected chi connectivity index (χ0v) is 10.2. The van der Waals surface area contributed by atoms with Crippen LogP contribution in [0, 0.1) is 0 Å². The number of aromatic amines is 2. The summed E-state index contributed by atoms with van der Waals surface area (Å²) in [6, 6.07) is 0. The van der Waals surface area contributed by atoms with E-state index in [1.165, 1.54) is 12.7 Å². The number of aromatic nitrogens is 8. The number of carbonyl (C=O) groups is 1. The van der Waals surface area contributed by atoms with E-state index in [9.17, 15) is 4.79 Å². The maximum Gasteiger partial charge on any atom is 0.273 e. The predicted molar refractivity (Wildman–Crippen MR) is 64.2 cm³/mol. The van der Waals surface area contributed by atoms with E-state index in [1.54, 1.807) is 0 Å². The number of hydrogen-bond donors (Lipinski definition) is 3. The number of imidazole rings is 1. The number of hydrogen-bond acceptors (Lipinski definition) is 7. The van der Waals surface area contributed by atoms with Crippen LogP contribution >= 0.6 is 0 Å². The van der Waals surface area contributed by atoms with Gasteiger partial charge in [-0.3, -0.25) is 4.79 Å². The monoisotopic (exact) mass is 271 g/mol. The summed E-state index contributed by atoms with van der Waals surface area (Å²) in [4.78, 5) is 27.2. The molecule has 0 radical (unpaired) electrons. The normalized spacial score (nSPS) is 16.2. The third-order valence-electron chi connectivity index (χ3n) is 3.31. The van der Waals surface area contributed by atoms with Crippen molar-refractivity contribution >= 4 is 17.1 Å². The molecule has 0 unspecified atom stereocenters. The number of amides is 1. The molecule has 3 N–H and O–H groups in total. The first-order chi connectivity index (χ1) is 9.78. The van der Waals surface area contributed by atoms with Gasteiger partial charge < -0.3 is 10.3 Å². The van der Waals surface area contributed by atoms with Gasteiger partial charge in [0.25, 0.3) is 5.91 Å². The number of rotatable bonds is 3. The summed E-state index contributed by atoms with van der Waals surface area (Å²) >= 11 is 0. The number of fused-ring (bicyclic) bond motifs is 1. The van der Waals surface area contributed by atoms with Crippen LogP contribution in [0.25, 0.3) is 11.2 Å². The minimum absolute atomic E-state index is 0.252. The van der Waals surface area contributed by atoms with E-state index in [1.807, 2.05) is 0 Å². The standard InChI is InChI=1S/C10H9N9O/c20-8(6-5-7(13-3-11-5)14-4-12-6)15-10(1-2-10)9-16-18-19-17-9/h3-4H,1-2H2,(H,15,20)(H,11,12,13,14)(H,16,17,18,19). The lowest BCUT2D eigenvalue weighted by atomic mass is 10.2. The van der Waals surface area contributed by atoms with E-state index >= 15 is 0 Å². The van der Waals surface area contributed by atoms with Crippen molar-refractivity contribution in [2.75, 3.05) is 0 Å². The molecule has 3 aromatic heterocycles. The molecule has 1 aliphatic carbocycles. The van der Waals surface area contributed by atoms with Crippen LogP contribution in [-0.2, 0) is 5.54 Å². The van der Waals surface area contributed by atoms with Gasteiger partial charge in [-0.25, -0.2) is 15.0 Å². The largest absolute Gasteiger partial charge is 0.341 e. The molecule has 20 heavy (non-hydrogen) atoms. The van der Waals surface area contributed by atoms with Crippen LogP contribution in [0.1, 0.15) is 29.2 Å². The second kappa shape index (κ2) is 3.79. The van der Waals surface area contributed by atoms with Crippen LogP contribution in [0.2, 0.25) is 0 Å². The SMILES string of the molecule is O=C(NC1(c2nn[nH]n2)CC1)c1ncnc2nc[nH]c12. The van der Waals surface area contributed by atoms with Crippen molar-refractivity contribution in [3.05, 3.63) is 24.2 Å². The van der Waals surface area contributed by atoms with Gasteiger partial charge in [0, 0.05) is 0 Å². The molecule has 1 fully saturated rings. The molecule has 3 aromatic rings. The molecular weight excluding hydrogens is 262 g/mol. The lowest BCUT2D eigenvalue weighted by Gasteiger charge is -2.12. The summed E-state index contributed by atoms with van der Waals surface area (Å²) in [7, 11) is 0. The maximum absolute atomic E-state index is 12.4. The molecular formula is C10H9N9O. The maximum atomic E-state index is 12.4. The highest BCUT2D eigenvalue weighted by Gasteiger charge is 2.50. The molecule has 0 spiro atoms. The summed E-state index contributed by atoms with van der Waals surface area (Å²) in [6.07, 6.45) is 4.33. The summed E-state index contributed by atoms with van der Waals surface area (Å²) in [5, 5.41) is 16.7. The van der Waals surface area contributed by atoms with Crippen molar-refractivity contribution in [1.29, 1.82) is 0 Å². The second-order valence-electron chi connectivity index (χ2n) is 4.60. The molecule has 10 nitrogen and oxygen atoms in total. The Labute approximate surface area is 111 Å². The fourth-order valence-electron chi connectivity index (χ4n) is 2.11. The zero-order chi connectivity index (χ0) is 13.6. The molecule has 100 valence electrons. The molecule has 4 rings (SSSR count). The Balaban J connectivity index is 1.67. The minimum Gasteiger partial charge on any atom is -0.341 e. The molecule has 0 aromatic carbocycles. The minimum atomic E-state index is -0.540. The number of nitrogens with zero attached hydrogens (tertiary/aromatic N) is 6. The third-order valence-corrected chi connectivity index (χ3v) is 3.31. The summed E-state index contributed by atoms with van der Waals surface area (Å²) < 4.78 is 0. The number of nitrogens with one attached hydrogen (secondary N) is 3. The van der Waals surface area contributed by atoms with Crippen molar-refractivity contribution in [2.24, 2.45) is 0 Å². The molecule has 1 saturated carbocycles. The average molecular weight is 271 g/mol. The highest BCUT2D eigenvalue weighted by molar-refractivity contribution is 6.02. The number of carbonyl (C=O) groups excluding carboxylic acids is 1. The first-order valence-electron chi connectivity index (χ1n) is 5.99. The Morgan fingerprint density at radius 3 is 2.95 bits per heavy atom. The van der Waals surface area contributed by atoms with Gasteiger partial charge in [0.2, 0.25) is 0 Å². The van der Waals surface area contributed by atoms with Crippen molar-refractivity contribution < 1.29 is 4.79 Å². The Kier molecular flexibility index (Phi) is 2.08. The molecule has 1 aliphatic rings. The van der Waals surface area contributed by atoms with Crippen molar-refractivity contribution in [1.82, 2.24) is 45.9 Å².